The molecule has 2 aromatic carbocycles. The Balaban J connectivity index is 1.35. The van der Waals surface area contributed by atoms with Gasteiger partial charge >= 0.3 is 0 Å². The zero-order valence-corrected chi connectivity index (χ0v) is 16.6. The van der Waals surface area contributed by atoms with Crippen LogP contribution in [0.4, 0.5) is 17.1 Å². The number of carbonyl (C=O) groups is 3. The number of benzene rings is 2. The van der Waals surface area contributed by atoms with Crippen molar-refractivity contribution < 1.29 is 19.3 Å². The number of nitro benzene ring substituents is 1. The molecule has 2 fully saturated rings. The first-order valence-corrected chi connectivity index (χ1v) is 10.1. The van der Waals surface area contributed by atoms with E-state index in [1.807, 2.05) is 12.2 Å². The molecule has 1 saturated carbocycles. The highest BCUT2D eigenvalue weighted by molar-refractivity contribution is 6.23. The summed E-state index contributed by atoms with van der Waals surface area (Å²) in [6.07, 6.45) is 4.95. The van der Waals surface area contributed by atoms with E-state index in [1.54, 1.807) is 25.1 Å². The molecule has 8 heteroatoms. The monoisotopic (exact) mass is 417 g/mol. The summed E-state index contributed by atoms with van der Waals surface area (Å²) in [4.78, 5) is 50.4. The fourth-order valence-corrected chi connectivity index (χ4v) is 5.01. The molecule has 156 valence electrons. The predicted molar refractivity (Wildman–Crippen MR) is 112 cm³/mol. The van der Waals surface area contributed by atoms with Gasteiger partial charge in [-0.3, -0.25) is 29.4 Å². The maximum atomic E-state index is 12.9. The van der Waals surface area contributed by atoms with Crippen molar-refractivity contribution in [1.29, 1.82) is 0 Å². The van der Waals surface area contributed by atoms with Crippen LogP contribution < -0.4 is 10.2 Å². The lowest BCUT2D eigenvalue weighted by molar-refractivity contribution is -0.384. The number of fused-ring (bicyclic) bond motifs is 5. The maximum Gasteiger partial charge on any atom is 0.293 e. The van der Waals surface area contributed by atoms with E-state index < -0.39 is 10.8 Å². The summed E-state index contributed by atoms with van der Waals surface area (Å²) >= 11 is 0. The molecule has 3 aliphatic rings. The minimum Gasteiger partial charge on any atom is -0.316 e. The number of imide groups is 1. The first kappa shape index (κ1) is 19.2. The Morgan fingerprint density at radius 3 is 2.23 bits per heavy atom. The third-order valence-electron chi connectivity index (χ3n) is 6.46. The molecule has 0 unspecified atom stereocenters. The lowest BCUT2D eigenvalue weighted by Gasteiger charge is -2.17. The van der Waals surface area contributed by atoms with E-state index in [4.69, 9.17) is 0 Å². The molecular formula is C23H19N3O5. The Hall–Kier alpha value is -3.81. The van der Waals surface area contributed by atoms with E-state index in [1.165, 1.54) is 29.2 Å². The van der Waals surface area contributed by atoms with Crippen LogP contribution in [0.2, 0.25) is 0 Å². The molecule has 0 radical (unpaired) electrons. The van der Waals surface area contributed by atoms with Gasteiger partial charge in [0.25, 0.3) is 11.6 Å². The molecular weight excluding hydrogens is 398 g/mol. The number of nitrogens with zero attached hydrogens (tertiary/aromatic N) is 2. The lowest BCUT2D eigenvalue weighted by atomic mass is 9.85. The topological polar surface area (TPSA) is 110 Å². The van der Waals surface area contributed by atoms with Gasteiger partial charge < -0.3 is 5.32 Å². The number of hydrogen-bond acceptors (Lipinski definition) is 5. The van der Waals surface area contributed by atoms with Crippen LogP contribution in [0, 0.1) is 40.7 Å². The predicted octanol–water partition coefficient (Wildman–Crippen LogP) is 3.47. The first-order valence-electron chi connectivity index (χ1n) is 10.1. The third kappa shape index (κ3) is 2.94. The number of carbonyl (C=O) groups excluding carboxylic acids is 3. The highest BCUT2D eigenvalue weighted by atomic mass is 16.6. The standard InChI is InChI=1S/C23H19N3O5/c1-12-2-9-17(18(10-12)26(30)31)24-21(27)13-5-7-16(8-6-13)25-22(28)19-14-3-4-15(11-14)20(19)23(25)29/h2-10,14-15,19-20H,11H2,1H3,(H,24,27)/t14-,15+,19-,20-/m0/s1. The van der Waals surface area contributed by atoms with Crippen molar-refractivity contribution in [3.05, 3.63) is 75.9 Å². The van der Waals surface area contributed by atoms with Gasteiger partial charge in [0, 0.05) is 11.6 Å². The van der Waals surface area contributed by atoms with Gasteiger partial charge in [-0.1, -0.05) is 18.2 Å². The maximum absolute atomic E-state index is 12.9. The van der Waals surface area contributed by atoms with Crippen LogP contribution in [0.5, 0.6) is 0 Å². The lowest BCUT2D eigenvalue weighted by Crippen LogP contribution is -2.32. The van der Waals surface area contributed by atoms with Crippen LogP contribution in [0.25, 0.3) is 0 Å². The van der Waals surface area contributed by atoms with E-state index in [2.05, 4.69) is 5.32 Å². The number of nitro groups is 1. The summed E-state index contributed by atoms with van der Waals surface area (Å²) in [6, 6.07) is 10.7. The smallest absolute Gasteiger partial charge is 0.293 e. The van der Waals surface area contributed by atoms with Crippen molar-refractivity contribution in [2.75, 3.05) is 10.2 Å². The molecule has 0 aromatic heterocycles. The van der Waals surface area contributed by atoms with Crippen LogP contribution in [0.3, 0.4) is 0 Å². The van der Waals surface area contributed by atoms with E-state index in [0.29, 0.717) is 11.3 Å². The molecule has 2 bridgehead atoms. The number of amides is 3. The zero-order chi connectivity index (χ0) is 21.9. The summed E-state index contributed by atoms with van der Waals surface area (Å²) in [6.45, 7) is 1.73. The van der Waals surface area contributed by atoms with Crippen molar-refractivity contribution >= 4 is 34.8 Å². The van der Waals surface area contributed by atoms with Crippen LogP contribution in [-0.2, 0) is 9.59 Å². The van der Waals surface area contributed by atoms with Gasteiger partial charge in [0.1, 0.15) is 5.69 Å². The summed E-state index contributed by atoms with van der Waals surface area (Å²) in [5, 5.41) is 13.8. The summed E-state index contributed by atoms with van der Waals surface area (Å²) in [5.41, 5.74) is 1.32. The van der Waals surface area contributed by atoms with Crippen LogP contribution >= 0.6 is 0 Å². The summed E-state index contributed by atoms with van der Waals surface area (Å²) < 4.78 is 0. The molecule has 31 heavy (non-hydrogen) atoms. The Labute approximate surface area is 177 Å². The highest BCUT2D eigenvalue weighted by Gasteiger charge is 2.59. The largest absolute Gasteiger partial charge is 0.316 e. The van der Waals surface area contributed by atoms with Crippen molar-refractivity contribution in [2.45, 2.75) is 13.3 Å². The molecule has 1 aliphatic heterocycles. The first-order chi connectivity index (χ1) is 14.8. The van der Waals surface area contributed by atoms with Crippen molar-refractivity contribution in [3.63, 3.8) is 0 Å². The molecule has 1 N–H and O–H groups in total. The minimum absolute atomic E-state index is 0.102. The van der Waals surface area contributed by atoms with Gasteiger partial charge in [-0.15, -0.1) is 0 Å². The van der Waals surface area contributed by atoms with Gasteiger partial charge in [-0.2, -0.15) is 0 Å². The number of nitrogens with one attached hydrogen (secondary N) is 1. The SMILES string of the molecule is Cc1ccc(NC(=O)c2ccc(N3C(=O)[C@@H]4[C@@H](C3=O)[C@H]3C=C[C@@H]4C3)cc2)c([N+](=O)[O-])c1. The fourth-order valence-electron chi connectivity index (χ4n) is 5.01. The molecule has 1 saturated heterocycles. The van der Waals surface area contributed by atoms with E-state index >= 15 is 0 Å². The highest BCUT2D eigenvalue weighted by Crippen LogP contribution is 2.53. The number of allylic oxidation sites excluding steroid dienone is 2. The molecule has 5 rings (SSSR count). The number of rotatable bonds is 4. The number of aryl methyl sites for hydroxylation is 1. The molecule has 2 aromatic rings. The molecule has 0 spiro atoms. The Kier molecular flexibility index (Phi) is 4.25. The Morgan fingerprint density at radius 1 is 1.03 bits per heavy atom. The average molecular weight is 417 g/mol. The van der Waals surface area contributed by atoms with E-state index in [-0.39, 0.29) is 52.4 Å². The molecule has 1 heterocycles. The van der Waals surface area contributed by atoms with Gasteiger partial charge in [-0.05, 0) is 61.1 Å². The van der Waals surface area contributed by atoms with E-state index in [9.17, 15) is 24.5 Å². The van der Waals surface area contributed by atoms with Gasteiger partial charge in [0.2, 0.25) is 11.8 Å². The fraction of sp³-hybridized carbons (Fsp3) is 0.261. The second kappa shape index (κ2) is 6.87. The van der Waals surface area contributed by atoms with Crippen molar-refractivity contribution in [2.24, 2.45) is 23.7 Å². The Bertz CT molecular complexity index is 1140. The molecule has 8 nitrogen and oxygen atoms in total. The second-order valence-electron chi connectivity index (χ2n) is 8.29. The van der Waals surface area contributed by atoms with E-state index in [0.717, 1.165) is 6.42 Å². The molecule has 2 aliphatic carbocycles. The van der Waals surface area contributed by atoms with Gasteiger partial charge in [-0.25, -0.2) is 0 Å². The van der Waals surface area contributed by atoms with Gasteiger partial charge in [0.05, 0.1) is 22.4 Å². The average Bonchev–Trinajstić information content (AvgIpc) is 3.43. The van der Waals surface area contributed by atoms with Gasteiger partial charge in [0.15, 0.2) is 0 Å². The Morgan fingerprint density at radius 2 is 1.65 bits per heavy atom. The third-order valence-corrected chi connectivity index (χ3v) is 6.46. The van der Waals surface area contributed by atoms with Crippen LogP contribution in [0.15, 0.2) is 54.6 Å². The summed E-state index contributed by atoms with van der Waals surface area (Å²) in [7, 11) is 0. The number of anilines is 2. The molecule has 3 amide bonds. The van der Waals surface area contributed by atoms with Crippen molar-refractivity contribution in [1.82, 2.24) is 0 Å². The van der Waals surface area contributed by atoms with Crippen molar-refractivity contribution in [3.8, 4) is 0 Å². The number of hydrogen-bond donors (Lipinski definition) is 1. The zero-order valence-electron chi connectivity index (χ0n) is 16.6. The summed E-state index contributed by atoms with van der Waals surface area (Å²) in [5.74, 6) is -1.19. The molecule has 4 atom stereocenters. The van der Waals surface area contributed by atoms with Crippen LogP contribution in [0.1, 0.15) is 22.3 Å². The second-order valence-corrected chi connectivity index (χ2v) is 8.29. The minimum atomic E-state index is -0.546. The van der Waals surface area contributed by atoms with Crippen LogP contribution in [-0.4, -0.2) is 22.6 Å². The normalized spacial score (nSPS) is 25.8. The quantitative estimate of drug-likeness (QED) is 0.355.